The van der Waals surface area contributed by atoms with Crippen LogP contribution in [0.5, 0.6) is 0 Å². The van der Waals surface area contributed by atoms with Crippen molar-refractivity contribution in [1.29, 1.82) is 0 Å². The first kappa shape index (κ1) is 25.0. The minimum atomic E-state index is -0.686. The van der Waals surface area contributed by atoms with Gasteiger partial charge >= 0.3 is 5.97 Å². The second-order valence-corrected chi connectivity index (χ2v) is 8.53. The Morgan fingerprint density at radius 3 is 1.91 bits per heavy atom. The molecule has 0 aliphatic rings. The van der Waals surface area contributed by atoms with Gasteiger partial charge in [0.25, 0.3) is 0 Å². The zero-order valence-corrected chi connectivity index (χ0v) is 20.2. The summed E-state index contributed by atoms with van der Waals surface area (Å²) in [5.41, 5.74) is 1.57. The molecule has 4 rings (SSSR count). The molecule has 0 radical (unpaired) electrons. The maximum absolute atomic E-state index is 13.5. The number of alkyl halides is 1. The second kappa shape index (κ2) is 11.5. The van der Waals surface area contributed by atoms with Crippen molar-refractivity contribution in [3.8, 4) is 20.9 Å². The molecule has 0 bridgehead atoms. The molecule has 0 spiro atoms. The number of hydrogen-bond acceptors (Lipinski definition) is 6. The maximum Gasteiger partial charge on any atom is 0.358 e. The Bertz CT molecular complexity index is 1260. The number of carbonyl (C=O) groups is 1. The van der Waals surface area contributed by atoms with Crippen molar-refractivity contribution in [1.82, 2.24) is 8.75 Å². The number of carbonyl (C=O) groups excluding carboxylic acids is 1. The number of halogens is 5. The van der Waals surface area contributed by atoms with Crippen LogP contribution in [0.25, 0.3) is 20.9 Å². The van der Waals surface area contributed by atoms with Crippen LogP contribution in [-0.2, 0) is 10.1 Å². The quantitative estimate of drug-likeness (QED) is 0.147. The van der Waals surface area contributed by atoms with Crippen LogP contribution >= 0.6 is 39.0 Å². The first-order valence-electron chi connectivity index (χ1n) is 9.38. The molecule has 2 heterocycles. The molecule has 33 heavy (non-hydrogen) atoms. The van der Waals surface area contributed by atoms with Crippen molar-refractivity contribution in [3.63, 3.8) is 0 Å². The molecule has 0 fully saturated rings. The molecule has 0 amide bonds. The van der Waals surface area contributed by atoms with Gasteiger partial charge in [-0.1, -0.05) is 15.9 Å². The van der Waals surface area contributed by atoms with Gasteiger partial charge in [-0.15, -0.1) is 0 Å². The predicted molar refractivity (Wildman–Crippen MR) is 124 cm³/mol. The number of hydrogen-bond donors (Lipinski definition) is 0. The van der Waals surface area contributed by atoms with Gasteiger partial charge in [-0.05, 0) is 66.4 Å². The van der Waals surface area contributed by atoms with Crippen molar-refractivity contribution in [2.75, 3.05) is 6.61 Å². The smallest absolute Gasteiger partial charge is 0.358 e. The summed E-state index contributed by atoms with van der Waals surface area (Å²) in [5, 5.41) is 0.631. The highest BCUT2D eigenvalue weighted by atomic mass is 79.9. The van der Waals surface area contributed by atoms with Crippen molar-refractivity contribution in [2.24, 2.45) is 0 Å². The summed E-state index contributed by atoms with van der Waals surface area (Å²) in [6, 6.07) is 10.0. The molecular formula is C22H15BrF4N2O2S2. The van der Waals surface area contributed by atoms with Gasteiger partial charge in [0.2, 0.25) is 0 Å². The first-order chi connectivity index (χ1) is 15.8. The van der Waals surface area contributed by atoms with Gasteiger partial charge in [0.15, 0.2) is 5.69 Å². The predicted octanol–water partition coefficient (Wildman–Crippen LogP) is 7.25. The standard InChI is InChI=1S/C12H9F2NO2S.C10H6BrF2NS/c1-2-17-12(16)10-6-11(18-15-10)8-4-3-7(13)5-9(8)14;11-5-7-4-10(15-14-7)8-2-1-6(12)3-9(8)13/h3-6H,2H2,1H3;1-4H,5H2. The lowest BCUT2D eigenvalue weighted by atomic mass is 10.1. The van der Waals surface area contributed by atoms with Crippen LogP contribution in [0.3, 0.4) is 0 Å². The third-order valence-electron chi connectivity index (χ3n) is 4.08. The summed E-state index contributed by atoms with van der Waals surface area (Å²) < 4.78 is 65.1. The Labute approximate surface area is 203 Å². The molecule has 172 valence electrons. The minimum absolute atomic E-state index is 0.126. The highest BCUT2D eigenvalue weighted by molar-refractivity contribution is 9.08. The molecule has 0 saturated carbocycles. The zero-order chi connectivity index (χ0) is 24.0. The zero-order valence-electron chi connectivity index (χ0n) is 17.0. The number of rotatable bonds is 5. The lowest BCUT2D eigenvalue weighted by Crippen LogP contribution is -2.04. The Morgan fingerprint density at radius 1 is 0.879 bits per heavy atom. The number of esters is 1. The molecular weight excluding hydrogens is 544 g/mol. The van der Waals surface area contributed by atoms with Crippen molar-refractivity contribution in [3.05, 3.63) is 83.2 Å². The molecule has 4 aromatic rings. The number of benzene rings is 2. The molecule has 0 aliphatic carbocycles. The van der Waals surface area contributed by atoms with Crippen molar-refractivity contribution in [2.45, 2.75) is 12.3 Å². The van der Waals surface area contributed by atoms with Crippen LogP contribution < -0.4 is 0 Å². The molecule has 11 heteroatoms. The fourth-order valence-corrected chi connectivity index (χ4v) is 4.57. The molecule has 4 nitrogen and oxygen atoms in total. The van der Waals surface area contributed by atoms with Crippen LogP contribution in [0.1, 0.15) is 23.1 Å². The fraction of sp³-hybridized carbons (Fsp3) is 0.136. The van der Waals surface area contributed by atoms with E-state index in [9.17, 15) is 22.4 Å². The number of ether oxygens (including phenoxy) is 1. The van der Waals surface area contributed by atoms with Crippen LogP contribution in [0, 0.1) is 23.3 Å². The Hall–Kier alpha value is -2.63. The van der Waals surface area contributed by atoms with Crippen LogP contribution in [0.2, 0.25) is 0 Å². The fourth-order valence-electron chi connectivity index (χ4n) is 2.58. The summed E-state index contributed by atoms with van der Waals surface area (Å²) >= 11 is 5.43. The minimum Gasteiger partial charge on any atom is -0.461 e. The molecule has 0 N–H and O–H groups in total. The molecule has 0 aliphatic heterocycles. The topological polar surface area (TPSA) is 52.1 Å². The Kier molecular flexibility index (Phi) is 8.70. The van der Waals surface area contributed by atoms with E-state index in [-0.39, 0.29) is 17.9 Å². The molecule has 2 aromatic carbocycles. The van der Waals surface area contributed by atoms with E-state index >= 15 is 0 Å². The highest BCUT2D eigenvalue weighted by Crippen LogP contribution is 2.29. The van der Waals surface area contributed by atoms with Gasteiger partial charge in [-0.2, -0.15) is 8.75 Å². The third-order valence-corrected chi connectivity index (χ3v) is 6.34. The summed E-state index contributed by atoms with van der Waals surface area (Å²) in [6.07, 6.45) is 0. The Balaban J connectivity index is 0.000000189. The van der Waals surface area contributed by atoms with E-state index < -0.39 is 29.2 Å². The van der Waals surface area contributed by atoms with E-state index in [4.69, 9.17) is 4.74 Å². The third kappa shape index (κ3) is 6.46. The Morgan fingerprint density at radius 2 is 1.42 bits per heavy atom. The molecule has 0 atom stereocenters. The average molecular weight is 559 g/mol. The monoisotopic (exact) mass is 558 g/mol. The van der Waals surface area contributed by atoms with Crippen LogP contribution in [0.4, 0.5) is 17.6 Å². The van der Waals surface area contributed by atoms with E-state index in [0.717, 1.165) is 35.4 Å². The summed E-state index contributed by atoms with van der Waals surface area (Å²) in [5.74, 6) is -3.01. The van der Waals surface area contributed by atoms with Gasteiger partial charge in [0, 0.05) is 28.6 Å². The molecule has 0 unspecified atom stereocenters. The highest BCUT2D eigenvalue weighted by Gasteiger charge is 2.15. The normalized spacial score (nSPS) is 10.5. The molecule has 2 aromatic heterocycles. The number of aromatic nitrogens is 2. The van der Waals surface area contributed by atoms with Gasteiger partial charge in [-0.3, -0.25) is 0 Å². The number of nitrogens with zero attached hydrogens (tertiary/aromatic N) is 2. The van der Waals surface area contributed by atoms with E-state index in [2.05, 4.69) is 24.7 Å². The lowest BCUT2D eigenvalue weighted by Gasteiger charge is -1.98. The van der Waals surface area contributed by atoms with E-state index in [1.807, 2.05) is 0 Å². The van der Waals surface area contributed by atoms with Gasteiger partial charge in [-0.25, -0.2) is 22.4 Å². The maximum atomic E-state index is 13.5. The summed E-state index contributed by atoms with van der Waals surface area (Å²) in [6.45, 7) is 1.93. The van der Waals surface area contributed by atoms with Gasteiger partial charge in [0.1, 0.15) is 23.3 Å². The van der Waals surface area contributed by atoms with Crippen LogP contribution in [0.15, 0.2) is 48.5 Å². The van der Waals surface area contributed by atoms with E-state index in [0.29, 0.717) is 20.6 Å². The molecule has 0 saturated heterocycles. The largest absolute Gasteiger partial charge is 0.461 e. The van der Waals surface area contributed by atoms with E-state index in [1.54, 1.807) is 13.0 Å². The summed E-state index contributed by atoms with van der Waals surface area (Å²) in [4.78, 5) is 12.6. The lowest BCUT2D eigenvalue weighted by molar-refractivity contribution is 0.0521. The van der Waals surface area contributed by atoms with E-state index in [1.165, 1.54) is 35.8 Å². The summed E-state index contributed by atoms with van der Waals surface area (Å²) in [7, 11) is 0. The van der Waals surface area contributed by atoms with Crippen molar-refractivity contribution < 1.29 is 27.1 Å². The average Bonchev–Trinajstić information content (AvgIpc) is 3.44. The van der Waals surface area contributed by atoms with Crippen LogP contribution in [-0.4, -0.2) is 21.3 Å². The van der Waals surface area contributed by atoms with Crippen molar-refractivity contribution >= 4 is 45.0 Å². The van der Waals surface area contributed by atoms with Gasteiger partial charge < -0.3 is 4.74 Å². The second-order valence-electron chi connectivity index (χ2n) is 6.36. The SMILES string of the molecule is CCOC(=O)c1cc(-c2ccc(F)cc2F)sn1.Fc1ccc(-c2cc(CBr)ns2)c(F)c1. The van der Waals surface area contributed by atoms with Gasteiger partial charge in [0.05, 0.1) is 22.1 Å². The first-order valence-corrected chi connectivity index (χ1v) is 12.1.